The van der Waals surface area contributed by atoms with E-state index in [1.807, 2.05) is 6.92 Å². The molecular weight excluding hydrogens is 418 g/mol. The van der Waals surface area contributed by atoms with Crippen LogP contribution in [0.1, 0.15) is 29.8 Å². The van der Waals surface area contributed by atoms with Gasteiger partial charge in [-0.3, -0.25) is 9.10 Å². The molecule has 0 amide bonds. The second-order valence-electron chi connectivity index (χ2n) is 6.01. The normalized spacial score (nSPS) is 11.0. The number of carbonyl (C=O) groups is 2. The molecule has 0 saturated carbocycles. The maximum atomic E-state index is 13.2. The SMILES string of the molecule is CCOC(=O)CN(c1ccc(C(=O)OCC)c(Cl)c1)S(=O)(=O)c1ccc(C)cc1. The molecule has 0 fully saturated rings. The molecule has 0 heterocycles. The number of hydrogen-bond donors (Lipinski definition) is 0. The Kier molecular flexibility index (Phi) is 7.64. The molecule has 0 saturated heterocycles. The molecule has 0 aliphatic rings. The lowest BCUT2D eigenvalue weighted by molar-refractivity contribution is -0.141. The summed E-state index contributed by atoms with van der Waals surface area (Å²) in [5.41, 5.74) is 1.11. The van der Waals surface area contributed by atoms with Crippen molar-refractivity contribution in [2.45, 2.75) is 25.7 Å². The maximum Gasteiger partial charge on any atom is 0.339 e. The summed E-state index contributed by atoms with van der Waals surface area (Å²) in [6.07, 6.45) is 0. The van der Waals surface area contributed by atoms with Gasteiger partial charge in [0.1, 0.15) is 6.54 Å². The minimum atomic E-state index is -4.09. The van der Waals surface area contributed by atoms with Gasteiger partial charge in [0.25, 0.3) is 10.0 Å². The predicted octanol–water partition coefficient (Wildman–Crippen LogP) is 3.58. The molecule has 0 N–H and O–H groups in total. The van der Waals surface area contributed by atoms with E-state index in [4.69, 9.17) is 21.1 Å². The summed E-state index contributed by atoms with van der Waals surface area (Å²) in [4.78, 5) is 24.0. The fourth-order valence-electron chi connectivity index (χ4n) is 2.51. The van der Waals surface area contributed by atoms with Crippen LogP contribution in [0.5, 0.6) is 0 Å². The molecule has 0 unspecified atom stereocenters. The Bertz CT molecular complexity index is 989. The highest BCUT2D eigenvalue weighted by molar-refractivity contribution is 7.92. The number of esters is 2. The quantitative estimate of drug-likeness (QED) is 0.584. The topological polar surface area (TPSA) is 90.0 Å². The van der Waals surface area contributed by atoms with Crippen LogP contribution in [0.15, 0.2) is 47.4 Å². The Morgan fingerprint density at radius 1 is 1.00 bits per heavy atom. The molecule has 0 aliphatic carbocycles. The lowest BCUT2D eigenvalue weighted by Gasteiger charge is -2.24. The van der Waals surface area contributed by atoms with Gasteiger partial charge in [0.05, 0.1) is 34.4 Å². The van der Waals surface area contributed by atoms with Gasteiger partial charge < -0.3 is 9.47 Å². The van der Waals surface area contributed by atoms with Gasteiger partial charge in [0.15, 0.2) is 0 Å². The first-order chi connectivity index (χ1) is 13.7. The molecule has 0 spiro atoms. The van der Waals surface area contributed by atoms with Crippen molar-refractivity contribution in [3.8, 4) is 0 Å². The third-order valence-electron chi connectivity index (χ3n) is 3.92. The average molecular weight is 440 g/mol. The van der Waals surface area contributed by atoms with Crippen LogP contribution in [0.4, 0.5) is 5.69 Å². The predicted molar refractivity (Wildman–Crippen MR) is 110 cm³/mol. The number of ether oxygens (including phenoxy) is 2. The van der Waals surface area contributed by atoms with E-state index < -0.39 is 28.5 Å². The Morgan fingerprint density at radius 3 is 2.17 bits per heavy atom. The van der Waals surface area contributed by atoms with Gasteiger partial charge in [-0.05, 0) is 51.1 Å². The van der Waals surface area contributed by atoms with E-state index in [1.54, 1.807) is 26.0 Å². The monoisotopic (exact) mass is 439 g/mol. The molecule has 2 rings (SSSR count). The minimum Gasteiger partial charge on any atom is -0.465 e. The zero-order chi connectivity index (χ0) is 21.6. The summed E-state index contributed by atoms with van der Waals surface area (Å²) in [7, 11) is -4.09. The van der Waals surface area contributed by atoms with Crippen LogP contribution in [0.2, 0.25) is 5.02 Å². The Labute approximate surface area is 175 Å². The molecule has 0 bridgehead atoms. The standard InChI is InChI=1S/C20H22ClNO6S/c1-4-27-19(23)13-22(29(25,26)16-9-6-14(3)7-10-16)15-8-11-17(18(21)12-15)20(24)28-5-2/h6-12H,4-5,13H2,1-3H3. The summed E-state index contributed by atoms with van der Waals surface area (Å²) in [5, 5.41) is 0.00825. The highest BCUT2D eigenvalue weighted by atomic mass is 35.5. The summed E-state index contributed by atoms with van der Waals surface area (Å²) in [5.74, 6) is -1.34. The maximum absolute atomic E-state index is 13.2. The molecule has 0 radical (unpaired) electrons. The average Bonchev–Trinajstić information content (AvgIpc) is 2.66. The lowest BCUT2D eigenvalue weighted by Crippen LogP contribution is -2.36. The van der Waals surface area contributed by atoms with E-state index in [9.17, 15) is 18.0 Å². The first kappa shape index (κ1) is 22.7. The number of benzene rings is 2. The third kappa shape index (κ3) is 5.48. The van der Waals surface area contributed by atoms with E-state index in [2.05, 4.69) is 0 Å². The number of carbonyl (C=O) groups excluding carboxylic acids is 2. The molecule has 7 nitrogen and oxygen atoms in total. The number of hydrogen-bond acceptors (Lipinski definition) is 6. The fourth-order valence-corrected chi connectivity index (χ4v) is 4.16. The van der Waals surface area contributed by atoms with E-state index in [-0.39, 0.29) is 34.4 Å². The van der Waals surface area contributed by atoms with Crippen LogP contribution < -0.4 is 4.31 Å². The minimum absolute atomic E-state index is 0.00825. The molecule has 9 heteroatoms. The summed E-state index contributed by atoms with van der Waals surface area (Å²) in [6.45, 7) is 4.87. The first-order valence-corrected chi connectivity index (χ1v) is 10.7. The molecule has 0 atom stereocenters. The zero-order valence-electron chi connectivity index (χ0n) is 16.3. The summed E-state index contributed by atoms with van der Waals surface area (Å²) >= 11 is 6.18. The fraction of sp³-hybridized carbons (Fsp3) is 0.300. The second-order valence-corrected chi connectivity index (χ2v) is 8.28. The largest absolute Gasteiger partial charge is 0.465 e. The van der Waals surface area contributed by atoms with Gasteiger partial charge in [-0.25, -0.2) is 13.2 Å². The molecule has 29 heavy (non-hydrogen) atoms. The van der Waals surface area contributed by atoms with Crippen LogP contribution in [0.3, 0.4) is 0 Å². The van der Waals surface area contributed by atoms with Crippen LogP contribution in [-0.4, -0.2) is 40.1 Å². The van der Waals surface area contributed by atoms with Gasteiger partial charge in [-0.1, -0.05) is 29.3 Å². The molecule has 0 aliphatic heterocycles. The van der Waals surface area contributed by atoms with Crippen molar-refractivity contribution in [1.29, 1.82) is 0 Å². The van der Waals surface area contributed by atoms with Crippen LogP contribution >= 0.6 is 11.6 Å². The smallest absolute Gasteiger partial charge is 0.339 e. The number of rotatable bonds is 8. The van der Waals surface area contributed by atoms with Gasteiger partial charge in [-0.2, -0.15) is 0 Å². The van der Waals surface area contributed by atoms with Crippen molar-refractivity contribution < 1.29 is 27.5 Å². The molecule has 2 aromatic carbocycles. The Balaban J connectivity index is 2.50. The molecular formula is C20H22ClNO6S. The van der Waals surface area contributed by atoms with E-state index in [0.29, 0.717) is 0 Å². The number of aryl methyl sites for hydroxylation is 1. The van der Waals surface area contributed by atoms with Crippen molar-refractivity contribution >= 4 is 39.3 Å². The Hall–Kier alpha value is -2.58. The third-order valence-corrected chi connectivity index (χ3v) is 6.02. The van der Waals surface area contributed by atoms with Crippen LogP contribution in [0, 0.1) is 6.92 Å². The number of anilines is 1. The molecule has 0 aromatic heterocycles. The van der Waals surface area contributed by atoms with E-state index in [1.165, 1.54) is 30.3 Å². The zero-order valence-corrected chi connectivity index (χ0v) is 17.9. The Morgan fingerprint density at radius 2 is 1.62 bits per heavy atom. The lowest BCUT2D eigenvalue weighted by atomic mass is 10.2. The van der Waals surface area contributed by atoms with Crippen LogP contribution in [-0.2, 0) is 24.3 Å². The van der Waals surface area contributed by atoms with Gasteiger partial charge in [0.2, 0.25) is 0 Å². The summed E-state index contributed by atoms with van der Waals surface area (Å²) in [6, 6.07) is 10.3. The van der Waals surface area contributed by atoms with Gasteiger partial charge in [-0.15, -0.1) is 0 Å². The molecule has 156 valence electrons. The van der Waals surface area contributed by atoms with E-state index >= 15 is 0 Å². The summed E-state index contributed by atoms with van der Waals surface area (Å²) < 4.78 is 37.1. The van der Waals surface area contributed by atoms with Crippen molar-refractivity contribution in [3.05, 3.63) is 58.6 Å². The molecule has 2 aromatic rings. The van der Waals surface area contributed by atoms with Crippen molar-refractivity contribution in [1.82, 2.24) is 0 Å². The van der Waals surface area contributed by atoms with Crippen molar-refractivity contribution in [3.63, 3.8) is 0 Å². The van der Waals surface area contributed by atoms with Crippen molar-refractivity contribution in [2.75, 3.05) is 24.1 Å². The van der Waals surface area contributed by atoms with E-state index in [0.717, 1.165) is 9.87 Å². The van der Waals surface area contributed by atoms with Crippen molar-refractivity contribution in [2.24, 2.45) is 0 Å². The second kappa shape index (κ2) is 9.76. The van der Waals surface area contributed by atoms with Gasteiger partial charge in [0, 0.05) is 0 Å². The van der Waals surface area contributed by atoms with Gasteiger partial charge >= 0.3 is 11.9 Å². The highest BCUT2D eigenvalue weighted by Gasteiger charge is 2.28. The number of halogens is 1. The van der Waals surface area contributed by atoms with Crippen LogP contribution in [0.25, 0.3) is 0 Å². The number of sulfonamides is 1. The highest BCUT2D eigenvalue weighted by Crippen LogP contribution is 2.29. The number of nitrogens with zero attached hydrogens (tertiary/aromatic N) is 1. The first-order valence-electron chi connectivity index (χ1n) is 8.92.